The molecular weight excluding hydrogens is 287 g/mol. The van der Waals surface area contributed by atoms with Gasteiger partial charge >= 0.3 is 0 Å². The topological polar surface area (TPSA) is 50.4 Å². The Labute approximate surface area is 122 Å². The Hall–Kier alpha value is -0.810. The fourth-order valence-electron chi connectivity index (χ4n) is 1.93. The normalized spacial score (nSPS) is 18.5. The van der Waals surface area contributed by atoms with E-state index < -0.39 is 0 Å². The molecule has 0 spiro atoms. The van der Waals surface area contributed by atoms with Crippen molar-refractivity contribution in [2.24, 2.45) is 0 Å². The van der Waals surface area contributed by atoms with Crippen LogP contribution in [-0.2, 0) is 9.53 Å². The van der Waals surface area contributed by atoms with Crippen molar-refractivity contribution < 1.29 is 9.53 Å². The van der Waals surface area contributed by atoms with Crippen LogP contribution in [0.1, 0.15) is 12.8 Å². The monoisotopic (exact) mass is 302 g/mol. The molecule has 0 radical (unpaired) electrons. The first-order valence-corrected chi connectivity index (χ1v) is 6.98. The molecule has 1 aliphatic heterocycles. The van der Waals surface area contributed by atoms with Crippen molar-refractivity contribution >= 4 is 34.8 Å². The van der Waals surface area contributed by atoms with Crippen LogP contribution in [0.25, 0.3) is 0 Å². The van der Waals surface area contributed by atoms with Gasteiger partial charge < -0.3 is 15.4 Å². The third kappa shape index (κ3) is 4.66. The van der Waals surface area contributed by atoms with E-state index in [1.54, 1.807) is 18.2 Å². The van der Waals surface area contributed by atoms with Crippen LogP contribution in [0.15, 0.2) is 18.2 Å². The third-order valence-electron chi connectivity index (χ3n) is 2.88. The lowest BCUT2D eigenvalue weighted by molar-refractivity contribution is -0.115. The quantitative estimate of drug-likeness (QED) is 0.879. The molecule has 1 aliphatic rings. The smallest absolute Gasteiger partial charge is 0.238 e. The molecule has 2 N–H and O–H groups in total. The summed E-state index contributed by atoms with van der Waals surface area (Å²) in [4.78, 5) is 11.7. The number of nitrogens with one attached hydrogen (secondary N) is 2. The molecule has 2 rings (SSSR count). The molecule has 0 aliphatic carbocycles. The second kappa shape index (κ2) is 7.10. The van der Waals surface area contributed by atoms with E-state index in [1.165, 1.54) is 0 Å². The highest BCUT2D eigenvalue weighted by Gasteiger charge is 2.15. The lowest BCUT2D eigenvalue weighted by Crippen LogP contribution is -2.33. The molecule has 6 heteroatoms. The first-order chi connectivity index (χ1) is 9.15. The summed E-state index contributed by atoms with van der Waals surface area (Å²) >= 11 is 11.7. The van der Waals surface area contributed by atoms with E-state index in [9.17, 15) is 4.79 Å². The van der Waals surface area contributed by atoms with E-state index in [4.69, 9.17) is 27.9 Å². The van der Waals surface area contributed by atoms with Crippen LogP contribution in [0.2, 0.25) is 10.0 Å². The van der Waals surface area contributed by atoms with Crippen LogP contribution in [0.3, 0.4) is 0 Å². The molecule has 1 heterocycles. The highest BCUT2D eigenvalue weighted by molar-refractivity contribution is 6.42. The predicted molar refractivity (Wildman–Crippen MR) is 76.9 cm³/mol. The number of halogens is 2. The van der Waals surface area contributed by atoms with Crippen molar-refractivity contribution in [1.82, 2.24) is 5.32 Å². The van der Waals surface area contributed by atoms with Gasteiger partial charge in [0.25, 0.3) is 0 Å². The predicted octanol–water partition coefficient (Wildman–Crippen LogP) is 2.70. The molecule has 19 heavy (non-hydrogen) atoms. The van der Waals surface area contributed by atoms with Crippen molar-refractivity contribution in [1.29, 1.82) is 0 Å². The van der Waals surface area contributed by atoms with Gasteiger partial charge in [-0.3, -0.25) is 4.79 Å². The number of amides is 1. The Bertz CT molecular complexity index is 448. The van der Waals surface area contributed by atoms with Crippen LogP contribution >= 0.6 is 23.2 Å². The average Bonchev–Trinajstić information content (AvgIpc) is 2.87. The van der Waals surface area contributed by atoms with E-state index in [2.05, 4.69) is 10.6 Å². The van der Waals surface area contributed by atoms with Crippen LogP contribution in [0.4, 0.5) is 5.69 Å². The maximum absolute atomic E-state index is 11.7. The first-order valence-electron chi connectivity index (χ1n) is 6.22. The van der Waals surface area contributed by atoms with Gasteiger partial charge in [0.15, 0.2) is 0 Å². The van der Waals surface area contributed by atoms with Gasteiger partial charge in [0.1, 0.15) is 0 Å². The molecule has 1 saturated heterocycles. The maximum atomic E-state index is 11.7. The van der Waals surface area contributed by atoms with Crippen molar-refractivity contribution in [3.63, 3.8) is 0 Å². The fraction of sp³-hybridized carbons (Fsp3) is 0.462. The summed E-state index contributed by atoms with van der Waals surface area (Å²) in [6.45, 7) is 1.77. The van der Waals surface area contributed by atoms with Gasteiger partial charge in [-0.1, -0.05) is 23.2 Å². The average molecular weight is 303 g/mol. The number of benzene rings is 1. The molecule has 1 aromatic rings. The molecule has 1 fully saturated rings. The van der Waals surface area contributed by atoms with Gasteiger partial charge in [0, 0.05) is 18.8 Å². The summed E-state index contributed by atoms with van der Waals surface area (Å²) in [6.07, 6.45) is 2.39. The molecule has 1 aromatic carbocycles. The number of rotatable bonds is 5. The van der Waals surface area contributed by atoms with Crippen molar-refractivity contribution in [3.8, 4) is 0 Å². The number of carbonyl (C=O) groups is 1. The van der Waals surface area contributed by atoms with Crippen LogP contribution in [-0.4, -0.2) is 31.7 Å². The van der Waals surface area contributed by atoms with Gasteiger partial charge in [-0.05, 0) is 31.0 Å². The van der Waals surface area contributed by atoms with E-state index in [0.717, 1.165) is 19.4 Å². The van der Waals surface area contributed by atoms with Gasteiger partial charge in [0.05, 0.1) is 22.7 Å². The molecule has 1 unspecified atom stereocenters. The van der Waals surface area contributed by atoms with Crippen molar-refractivity contribution in [2.45, 2.75) is 18.9 Å². The van der Waals surface area contributed by atoms with E-state index >= 15 is 0 Å². The van der Waals surface area contributed by atoms with Crippen molar-refractivity contribution in [3.05, 3.63) is 28.2 Å². The molecule has 104 valence electrons. The van der Waals surface area contributed by atoms with Gasteiger partial charge in [-0.25, -0.2) is 0 Å². The molecule has 0 saturated carbocycles. The van der Waals surface area contributed by atoms with Crippen molar-refractivity contribution in [2.75, 3.05) is 25.0 Å². The summed E-state index contributed by atoms with van der Waals surface area (Å²) < 4.78 is 5.46. The second-order valence-electron chi connectivity index (χ2n) is 4.44. The van der Waals surface area contributed by atoms with Gasteiger partial charge in [0.2, 0.25) is 5.91 Å². The summed E-state index contributed by atoms with van der Waals surface area (Å²) in [5, 5.41) is 6.72. The molecule has 0 aromatic heterocycles. The summed E-state index contributed by atoms with van der Waals surface area (Å²) in [5.41, 5.74) is 0.637. The van der Waals surface area contributed by atoms with Crippen LogP contribution in [0.5, 0.6) is 0 Å². The molecule has 0 bridgehead atoms. The first kappa shape index (κ1) is 14.6. The number of carbonyl (C=O) groups excluding carboxylic acids is 1. The minimum atomic E-state index is -0.114. The van der Waals surface area contributed by atoms with Gasteiger partial charge in [-0.15, -0.1) is 0 Å². The molecular formula is C13H16Cl2N2O2. The molecule has 1 amide bonds. The van der Waals surface area contributed by atoms with Crippen LogP contribution < -0.4 is 10.6 Å². The van der Waals surface area contributed by atoms with Gasteiger partial charge in [-0.2, -0.15) is 0 Å². The minimum absolute atomic E-state index is 0.114. The zero-order valence-electron chi connectivity index (χ0n) is 10.4. The standard InChI is InChI=1S/C13H16Cl2N2O2/c14-11-4-3-9(6-12(11)15)17-13(18)8-16-7-10-2-1-5-19-10/h3-4,6,10,16H,1-2,5,7-8H2,(H,17,18). The second-order valence-corrected chi connectivity index (χ2v) is 5.26. The Morgan fingerprint density at radius 2 is 2.21 bits per heavy atom. The molecule has 4 nitrogen and oxygen atoms in total. The highest BCUT2D eigenvalue weighted by atomic mass is 35.5. The number of ether oxygens (including phenoxy) is 1. The maximum Gasteiger partial charge on any atom is 0.238 e. The Morgan fingerprint density at radius 1 is 1.37 bits per heavy atom. The Morgan fingerprint density at radius 3 is 2.89 bits per heavy atom. The van der Waals surface area contributed by atoms with E-state index in [0.29, 0.717) is 22.3 Å². The summed E-state index contributed by atoms with van der Waals surface area (Å²) in [7, 11) is 0. The third-order valence-corrected chi connectivity index (χ3v) is 3.62. The number of hydrogen-bond acceptors (Lipinski definition) is 3. The minimum Gasteiger partial charge on any atom is -0.377 e. The summed E-state index contributed by atoms with van der Waals surface area (Å²) in [6, 6.07) is 4.99. The summed E-state index contributed by atoms with van der Waals surface area (Å²) in [5.74, 6) is -0.114. The molecule has 1 atom stereocenters. The lowest BCUT2D eigenvalue weighted by atomic mass is 10.2. The Kier molecular flexibility index (Phi) is 5.45. The van der Waals surface area contributed by atoms with E-state index in [1.807, 2.05) is 0 Å². The van der Waals surface area contributed by atoms with Crippen LogP contribution in [0, 0.1) is 0 Å². The lowest BCUT2D eigenvalue weighted by Gasteiger charge is -2.11. The number of hydrogen-bond donors (Lipinski definition) is 2. The Balaban J connectivity index is 1.72. The largest absolute Gasteiger partial charge is 0.377 e. The number of anilines is 1. The highest BCUT2D eigenvalue weighted by Crippen LogP contribution is 2.24. The zero-order chi connectivity index (χ0) is 13.7. The van der Waals surface area contributed by atoms with E-state index in [-0.39, 0.29) is 18.6 Å². The SMILES string of the molecule is O=C(CNCC1CCCO1)Nc1ccc(Cl)c(Cl)c1. The zero-order valence-corrected chi connectivity index (χ0v) is 11.9. The fourth-order valence-corrected chi connectivity index (χ4v) is 2.23.